The fourth-order valence-electron chi connectivity index (χ4n) is 3.62. The predicted molar refractivity (Wildman–Crippen MR) is 111 cm³/mol. The van der Waals surface area contributed by atoms with E-state index in [0.29, 0.717) is 22.1 Å². The van der Waals surface area contributed by atoms with Gasteiger partial charge in [-0.15, -0.1) is 0 Å². The highest BCUT2D eigenvalue weighted by atomic mass is 35.5. The number of aromatic nitrogens is 3. The normalized spacial score (nSPS) is 18.5. The lowest BCUT2D eigenvalue weighted by atomic mass is 9.98. The number of benzene rings is 1. The fraction of sp³-hybridized carbons (Fsp3) is 0.333. The van der Waals surface area contributed by atoms with Gasteiger partial charge in [-0.1, -0.05) is 29.3 Å². The summed E-state index contributed by atoms with van der Waals surface area (Å²) in [5, 5.41) is 8.67. The van der Waals surface area contributed by atoms with E-state index in [2.05, 4.69) is 15.1 Å². The van der Waals surface area contributed by atoms with Crippen LogP contribution in [0.4, 0.5) is 5.82 Å². The molecule has 2 atom stereocenters. The number of nitrogens with zero attached hydrogens (tertiary/aromatic N) is 3. The summed E-state index contributed by atoms with van der Waals surface area (Å²) < 4.78 is 15.8. The highest BCUT2D eigenvalue weighted by molar-refractivity contribution is 7.32. The molecule has 1 aromatic carbocycles. The van der Waals surface area contributed by atoms with Crippen molar-refractivity contribution in [3.05, 3.63) is 40.6 Å². The van der Waals surface area contributed by atoms with Crippen molar-refractivity contribution in [2.45, 2.75) is 12.8 Å². The van der Waals surface area contributed by atoms with Crippen molar-refractivity contribution in [1.82, 2.24) is 15.2 Å². The van der Waals surface area contributed by atoms with Gasteiger partial charge in [-0.3, -0.25) is 9.66 Å². The number of nitrogens with one attached hydrogen (secondary N) is 1. The highest BCUT2D eigenvalue weighted by Gasteiger charge is 2.23. The van der Waals surface area contributed by atoms with Crippen LogP contribution in [0.5, 0.6) is 0 Å². The molecule has 2 aromatic heterocycles. The topological polar surface area (TPSA) is 91.3 Å². The summed E-state index contributed by atoms with van der Waals surface area (Å²) in [6.07, 6.45) is 5.48. The molecule has 1 aliphatic heterocycles. The summed E-state index contributed by atoms with van der Waals surface area (Å²) in [6, 6.07) is 5.70. The summed E-state index contributed by atoms with van der Waals surface area (Å²) in [6.45, 7) is 1.79. The first-order valence-electron chi connectivity index (χ1n) is 8.91. The zero-order chi connectivity index (χ0) is 19.7. The van der Waals surface area contributed by atoms with Crippen molar-refractivity contribution in [2.24, 2.45) is 5.92 Å². The summed E-state index contributed by atoms with van der Waals surface area (Å²) >= 11 is 12.7. The van der Waals surface area contributed by atoms with E-state index in [1.807, 2.05) is 18.3 Å². The second-order valence-electron chi connectivity index (χ2n) is 6.80. The fourth-order valence-corrected chi connectivity index (χ4v) is 4.36. The third-order valence-electron chi connectivity index (χ3n) is 4.95. The second-order valence-corrected chi connectivity index (χ2v) is 8.41. The van der Waals surface area contributed by atoms with Crippen molar-refractivity contribution in [2.75, 3.05) is 24.6 Å². The molecule has 0 bridgehead atoms. The molecular formula is C18H19Cl2N4O3P. The molecule has 1 aliphatic rings. The van der Waals surface area contributed by atoms with Gasteiger partial charge in [0.05, 0.1) is 28.4 Å². The van der Waals surface area contributed by atoms with Crippen LogP contribution in [0.2, 0.25) is 10.0 Å². The quantitative estimate of drug-likeness (QED) is 0.565. The van der Waals surface area contributed by atoms with Crippen molar-refractivity contribution >= 4 is 48.2 Å². The Morgan fingerprint density at radius 1 is 1.39 bits per heavy atom. The number of rotatable bonds is 5. The molecular weight excluding hydrogens is 422 g/mol. The summed E-state index contributed by atoms with van der Waals surface area (Å²) in [7, 11) is -2.92. The molecule has 3 aromatic rings. The Balaban J connectivity index is 1.75. The average molecular weight is 441 g/mol. The van der Waals surface area contributed by atoms with Crippen LogP contribution in [0.15, 0.2) is 30.6 Å². The highest BCUT2D eigenvalue weighted by Crippen LogP contribution is 2.38. The average Bonchev–Trinajstić information content (AvgIpc) is 3.23. The maximum atomic E-state index is 10.9. The van der Waals surface area contributed by atoms with Gasteiger partial charge in [0.15, 0.2) is 0 Å². The molecule has 7 nitrogen and oxygen atoms in total. The molecule has 148 valence electrons. The van der Waals surface area contributed by atoms with Gasteiger partial charge in [-0.05, 0) is 30.5 Å². The first kappa shape index (κ1) is 19.7. The van der Waals surface area contributed by atoms with Crippen molar-refractivity contribution in [3.8, 4) is 11.1 Å². The number of hydrogen-bond donors (Lipinski definition) is 2. The number of piperidine rings is 1. The second kappa shape index (κ2) is 8.39. The number of H-pyrrole nitrogens is 1. The Hall–Kier alpha value is -1.63. The molecule has 0 aliphatic carbocycles. The van der Waals surface area contributed by atoms with E-state index in [1.165, 1.54) is 0 Å². The molecule has 0 spiro atoms. The van der Waals surface area contributed by atoms with E-state index >= 15 is 0 Å². The van der Waals surface area contributed by atoms with Gasteiger partial charge in [-0.25, -0.2) is 4.98 Å². The zero-order valence-corrected chi connectivity index (χ0v) is 17.4. The van der Waals surface area contributed by atoms with E-state index in [-0.39, 0.29) is 12.5 Å². The van der Waals surface area contributed by atoms with Gasteiger partial charge >= 0.3 is 8.25 Å². The molecule has 1 saturated heterocycles. The monoisotopic (exact) mass is 440 g/mol. The maximum Gasteiger partial charge on any atom is 0.316 e. The van der Waals surface area contributed by atoms with Crippen LogP contribution in [-0.2, 0) is 9.09 Å². The minimum absolute atomic E-state index is 0.166. The van der Waals surface area contributed by atoms with Crippen molar-refractivity contribution in [3.63, 3.8) is 0 Å². The van der Waals surface area contributed by atoms with E-state index in [1.54, 1.807) is 12.3 Å². The van der Waals surface area contributed by atoms with Crippen LogP contribution in [0, 0.1) is 5.92 Å². The first-order chi connectivity index (χ1) is 13.5. The van der Waals surface area contributed by atoms with Crippen LogP contribution in [-0.4, -0.2) is 39.8 Å². The molecule has 4 rings (SSSR count). The lowest BCUT2D eigenvalue weighted by Gasteiger charge is -2.33. The largest absolute Gasteiger partial charge is 0.356 e. The van der Waals surface area contributed by atoms with Gasteiger partial charge in [0.25, 0.3) is 0 Å². The number of aromatic amines is 1. The summed E-state index contributed by atoms with van der Waals surface area (Å²) in [4.78, 5) is 15.9. The van der Waals surface area contributed by atoms with E-state index in [4.69, 9.17) is 37.6 Å². The lowest BCUT2D eigenvalue weighted by molar-refractivity contribution is 0.215. The van der Waals surface area contributed by atoms with Crippen LogP contribution in [0.1, 0.15) is 12.8 Å². The molecule has 1 fully saturated rings. The Labute approximate surface area is 172 Å². The molecule has 3 heterocycles. The molecule has 0 saturated carbocycles. The van der Waals surface area contributed by atoms with Gasteiger partial charge in [0, 0.05) is 36.2 Å². The van der Waals surface area contributed by atoms with Crippen LogP contribution < -0.4 is 4.90 Å². The van der Waals surface area contributed by atoms with E-state index < -0.39 is 8.25 Å². The Bertz CT molecular complexity index is 1020. The molecule has 0 amide bonds. The Kier molecular flexibility index (Phi) is 5.90. The molecule has 0 radical (unpaired) electrons. The van der Waals surface area contributed by atoms with Crippen LogP contribution >= 0.6 is 31.5 Å². The number of hydrogen-bond acceptors (Lipinski definition) is 5. The van der Waals surface area contributed by atoms with Gasteiger partial charge in [-0.2, -0.15) is 5.10 Å². The minimum atomic E-state index is -2.92. The number of anilines is 1. The van der Waals surface area contributed by atoms with Gasteiger partial charge in [0.2, 0.25) is 0 Å². The van der Waals surface area contributed by atoms with E-state index in [0.717, 1.165) is 41.7 Å². The minimum Gasteiger partial charge on any atom is -0.356 e. The number of halogens is 2. The Morgan fingerprint density at radius 3 is 3.00 bits per heavy atom. The third-order valence-corrected chi connectivity index (χ3v) is 6.16. The standard InChI is InChI=1S/C18H19Cl2N4O3P/c19-15-4-3-13-14(12-7-21-22-8-12)6-16(23-18(13)17(15)20)24-5-1-2-11(9-24)10-27-28(25)26/h3-4,6-8,11,28H,1-2,5,9-10H2,(H,21,22)(H,25,26). The molecule has 10 heteroatoms. The number of fused-ring (bicyclic) bond motifs is 1. The van der Waals surface area contributed by atoms with Crippen molar-refractivity contribution < 1.29 is 14.0 Å². The molecule has 2 N–H and O–H groups in total. The number of pyridine rings is 1. The van der Waals surface area contributed by atoms with Crippen LogP contribution in [0.3, 0.4) is 0 Å². The maximum absolute atomic E-state index is 10.9. The predicted octanol–water partition coefficient (Wildman–Crippen LogP) is 4.55. The van der Waals surface area contributed by atoms with Crippen molar-refractivity contribution in [1.29, 1.82) is 0 Å². The first-order valence-corrected chi connectivity index (χ1v) is 10.9. The molecule has 28 heavy (non-hydrogen) atoms. The summed E-state index contributed by atoms with van der Waals surface area (Å²) in [5.74, 6) is 0.953. The van der Waals surface area contributed by atoms with Gasteiger partial charge in [0.1, 0.15) is 5.82 Å². The van der Waals surface area contributed by atoms with Gasteiger partial charge < -0.3 is 14.3 Å². The molecule has 2 unspecified atom stereocenters. The Morgan fingerprint density at radius 2 is 2.25 bits per heavy atom. The smallest absolute Gasteiger partial charge is 0.316 e. The van der Waals surface area contributed by atoms with E-state index in [9.17, 15) is 4.57 Å². The van der Waals surface area contributed by atoms with Crippen LogP contribution in [0.25, 0.3) is 22.0 Å². The third kappa shape index (κ3) is 4.04. The SMILES string of the molecule is O=[PH](O)OCC1CCCN(c2cc(-c3cn[nH]c3)c3ccc(Cl)c(Cl)c3n2)C1. The lowest BCUT2D eigenvalue weighted by Crippen LogP contribution is -2.37. The zero-order valence-electron chi connectivity index (χ0n) is 14.9. The summed E-state index contributed by atoms with van der Waals surface area (Å²) in [5.41, 5.74) is 2.54.